The number of anilines is 1. The van der Waals surface area contributed by atoms with Gasteiger partial charge < -0.3 is 15.2 Å². The lowest BCUT2D eigenvalue weighted by molar-refractivity contribution is 0.102. The van der Waals surface area contributed by atoms with Gasteiger partial charge in [-0.15, -0.1) is 0 Å². The molecule has 0 bridgehead atoms. The van der Waals surface area contributed by atoms with Crippen LogP contribution in [-0.4, -0.2) is 18.1 Å². The average molecular weight is 306 g/mol. The van der Waals surface area contributed by atoms with Gasteiger partial charge in [-0.1, -0.05) is 23.7 Å². The Bertz CT molecular complexity index is 671. The fourth-order valence-corrected chi connectivity index (χ4v) is 2.21. The third-order valence-corrected chi connectivity index (χ3v) is 3.65. The molecular formula is C16H16ClNO3. The van der Waals surface area contributed by atoms with Crippen molar-refractivity contribution in [2.45, 2.75) is 13.5 Å². The SMILES string of the molecule is COc1ccc(NC(=O)c2cccc(C)c2Cl)cc1CO. The minimum Gasteiger partial charge on any atom is -0.496 e. The van der Waals surface area contributed by atoms with Crippen LogP contribution in [0.5, 0.6) is 5.75 Å². The van der Waals surface area contributed by atoms with Crippen molar-refractivity contribution >= 4 is 23.2 Å². The van der Waals surface area contributed by atoms with Crippen molar-refractivity contribution in [2.24, 2.45) is 0 Å². The van der Waals surface area contributed by atoms with Crippen molar-refractivity contribution in [2.75, 3.05) is 12.4 Å². The summed E-state index contributed by atoms with van der Waals surface area (Å²) < 4.78 is 5.12. The Labute approximate surface area is 128 Å². The Morgan fingerprint density at radius 2 is 2.10 bits per heavy atom. The molecule has 0 aliphatic heterocycles. The number of methoxy groups -OCH3 is 1. The molecule has 0 saturated heterocycles. The number of ether oxygens (including phenoxy) is 1. The van der Waals surface area contributed by atoms with Gasteiger partial charge in [-0.05, 0) is 36.8 Å². The van der Waals surface area contributed by atoms with Crippen molar-refractivity contribution in [3.8, 4) is 5.75 Å². The molecule has 0 radical (unpaired) electrons. The predicted octanol–water partition coefficient (Wildman–Crippen LogP) is 3.40. The average Bonchev–Trinajstić information content (AvgIpc) is 2.49. The summed E-state index contributed by atoms with van der Waals surface area (Å²) in [6.45, 7) is 1.68. The van der Waals surface area contributed by atoms with Crippen LogP contribution < -0.4 is 10.1 Å². The summed E-state index contributed by atoms with van der Waals surface area (Å²) in [7, 11) is 1.53. The van der Waals surface area contributed by atoms with E-state index in [0.717, 1.165) is 5.56 Å². The fraction of sp³-hybridized carbons (Fsp3) is 0.188. The van der Waals surface area contributed by atoms with Gasteiger partial charge in [0.25, 0.3) is 5.91 Å². The van der Waals surface area contributed by atoms with E-state index >= 15 is 0 Å². The minimum absolute atomic E-state index is 0.169. The second-order valence-electron chi connectivity index (χ2n) is 4.58. The molecule has 0 aromatic heterocycles. The van der Waals surface area contributed by atoms with Crippen LogP contribution in [0.15, 0.2) is 36.4 Å². The lowest BCUT2D eigenvalue weighted by Gasteiger charge is -2.11. The number of carbonyl (C=O) groups is 1. The number of nitrogens with one attached hydrogen (secondary N) is 1. The highest BCUT2D eigenvalue weighted by Crippen LogP contribution is 2.25. The number of aryl methyl sites for hydroxylation is 1. The van der Waals surface area contributed by atoms with E-state index < -0.39 is 0 Å². The Morgan fingerprint density at radius 3 is 2.76 bits per heavy atom. The summed E-state index contributed by atoms with van der Waals surface area (Å²) in [6.07, 6.45) is 0. The number of benzene rings is 2. The molecule has 2 aromatic carbocycles. The molecular weight excluding hydrogens is 290 g/mol. The van der Waals surface area contributed by atoms with Crippen LogP contribution >= 0.6 is 11.6 Å². The molecule has 4 nitrogen and oxygen atoms in total. The summed E-state index contributed by atoms with van der Waals surface area (Å²) >= 11 is 6.14. The number of rotatable bonds is 4. The number of halogens is 1. The Kier molecular flexibility index (Phi) is 4.83. The van der Waals surface area contributed by atoms with Gasteiger partial charge in [0.05, 0.1) is 24.3 Å². The number of carbonyl (C=O) groups excluding carboxylic acids is 1. The fourth-order valence-electron chi connectivity index (χ4n) is 2.00. The van der Waals surface area contributed by atoms with E-state index in [1.807, 2.05) is 13.0 Å². The molecule has 0 aliphatic rings. The molecule has 0 unspecified atom stereocenters. The van der Waals surface area contributed by atoms with Gasteiger partial charge in [0.15, 0.2) is 0 Å². The maximum atomic E-state index is 12.3. The van der Waals surface area contributed by atoms with Gasteiger partial charge in [0.1, 0.15) is 5.75 Å². The Morgan fingerprint density at radius 1 is 1.33 bits per heavy atom. The van der Waals surface area contributed by atoms with E-state index in [0.29, 0.717) is 27.6 Å². The molecule has 0 heterocycles. The number of amides is 1. The number of aliphatic hydroxyl groups is 1. The highest BCUT2D eigenvalue weighted by atomic mass is 35.5. The molecule has 110 valence electrons. The van der Waals surface area contributed by atoms with Crippen LogP contribution in [0, 0.1) is 6.92 Å². The third-order valence-electron chi connectivity index (χ3n) is 3.15. The maximum absolute atomic E-state index is 12.3. The normalized spacial score (nSPS) is 10.3. The molecule has 0 atom stereocenters. The summed E-state index contributed by atoms with van der Waals surface area (Å²) in [6, 6.07) is 10.4. The number of hydrogen-bond acceptors (Lipinski definition) is 3. The van der Waals surface area contributed by atoms with Crippen molar-refractivity contribution in [1.29, 1.82) is 0 Å². The lowest BCUT2D eigenvalue weighted by atomic mass is 10.1. The van der Waals surface area contributed by atoms with Crippen molar-refractivity contribution in [3.63, 3.8) is 0 Å². The highest BCUT2D eigenvalue weighted by molar-refractivity contribution is 6.35. The van der Waals surface area contributed by atoms with Crippen LogP contribution in [-0.2, 0) is 6.61 Å². The molecule has 0 saturated carbocycles. The van der Waals surface area contributed by atoms with Crippen LogP contribution in [0.1, 0.15) is 21.5 Å². The van der Waals surface area contributed by atoms with E-state index in [9.17, 15) is 9.90 Å². The molecule has 2 N–H and O–H groups in total. The number of hydrogen-bond donors (Lipinski definition) is 2. The molecule has 21 heavy (non-hydrogen) atoms. The molecule has 2 rings (SSSR count). The first-order valence-electron chi connectivity index (χ1n) is 6.41. The first-order valence-corrected chi connectivity index (χ1v) is 6.79. The van der Waals surface area contributed by atoms with Gasteiger partial charge in [-0.2, -0.15) is 0 Å². The van der Waals surface area contributed by atoms with E-state index in [4.69, 9.17) is 16.3 Å². The summed E-state index contributed by atoms with van der Waals surface area (Å²) in [5.74, 6) is 0.279. The smallest absolute Gasteiger partial charge is 0.257 e. The Hall–Kier alpha value is -2.04. The minimum atomic E-state index is -0.294. The Balaban J connectivity index is 2.25. The molecule has 2 aromatic rings. The largest absolute Gasteiger partial charge is 0.496 e. The topological polar surface area (TPSA) is 58.6 Å². The first kappa shape index (κ1) is 15.4. The lowest BCUT2D eigenvalue weighted by Crippen LogP contribution is -2.13. The summed E-state index contributed by atoms with van der Waals surface area (Å²) in [4.78, 5) is 12.3. The zero-order valence-electron chi connectivity index (χ0n) is 11.8. The molecule has 0 spiro atoms. The van der Waals surface area contributed by atoms with Gasteiger partial charge in [-0.3, -0.25) is 4.79 Å². The van der Waals surface area contributed by atoms with Gasteiger partial charge >= 0.3 is 0 Å². The quantitative estimate of drug-likeness (QED) is 0.910. The first-order chi connectivity index (χ1) is 10.1. The van der Waals surface area contributed by atoms with Gasteiger partial charge in [0.2, 0.25) is 0 Å². The van der Waals surface area contributed by atoms with E-state index in [2.05, 4.69) is 5.32 Å². The second kappa shape index (κ2) is 6.61. The zero-order chi connectivity index (χ0) is 15.4. The molecule has 0 fully saturated rings. The van der Waals surface area contributed by atoms with Crippen LogP contribution in [0.4, 0.5) is 5.69 Å². The second-order valence-corrected chi connectivity index (χ2v) is 4.95. The maximum Gasteiger partial charge on any atom is 0.257 e. The monoisotopic (exact) mass is 305 g/mol. The highest BCUT2D eigenvalue weighted by Gasteiger charge is 2.12. The van der Waals surface area contributed by atoms with Crippen LogP contribution in [0.3, 0.4) is 0 Å². The van der Waals surface area contributed by atoms with Gasteiger partial charge in [0, 0.05) is 11.3 Å². The third kappa shape index (κ3) is 3.35. The van der Waals surface area contributed by atoms with Crippen molar-refractivity contribution < 1.29 is 14.6 Å². The predicted molar refractivity (Wildman–Crippen MR) is 83.1 cm³/mol. The van der Waals surface area contributed by atoms with E-state index in [-0.39, 0.29) is 12.5 Å². The number of aliphatic hydroxyl groups excluding tert-OH is 1. The van der Waals surface area contributed by atoms with Crippen molar-refractivity contribution in [1.82, 2.24) is 0 Å². The van der Waals surface area contributed by atoms with Crippen molar-refractivity contribution in [3.05, 3.63) is 58.1 Å². The van der Waals surface area contributed by atoms with E-state index in [1.54, 1.807) is 30.3 Å². The molecule has 5 heteroatoms. The molecule has 0 aliphatic carbocycles. The summed E-state index contributed by atoms with van der Waals surface area (Å²) in [5, 5.41) is 12.5. The molecule has 1 amide bonds. The zero-order valence-corrected chi connectivity index (χ0v) is 12.6. The van der Waals surface area contributed by atoms with E-state index in [1.165, 1.54) is 7.11 Å². The van der Waals surface area contributed by atoms with Crippen LogP contribution in [0.2, 0.25) is 5.02 Å². The standard InChI is InChI=1S/C16H16ClNO3/c1-10-4-3-5-13(15(10)17)16(20)18-12-6-7-14(21-2)11(8-12)9-19/h3-8,19H,9H2,1-2H3,(H,18,20). The van der Waals surface area contributed by atoms with Crippen LogP contribution in [0.25, 0.3) is 0 Å². The summed E-state index contributed by atoms with van der Waals surface area (Å²) in [5.41, 5.74) is 2.43. The van der Waals surface area contributed by atoms with Gasteiger partial charge in [-0.25, -0.2) is 0 Å².